The highest BCUT2D eigenvalue weighted by atomic mass is 16.5. The predicted octanol–water partition coefficient (Wildman–Crippen LogP) is 3.36. The first kappa shape index (κ1) is 13.4. The molecule has 2 aliphatic rings. The summed E-state index contributed by atoms with van der Waals surface area (Å²) in [5.41, 5.74) is 0. The summed E-state index contributed by atoms with van der Waals surface area (Å²) in [6, 6.07) is 0.760. The standard InChI is InChI=1S/C15H29NO/c1-16-15(12-13-8-10-17-11-9-13)14-6-4-2-3-5-7-14/h13-16H,2-12H2,1H3. The summed E-state index contributed by atoms with van der Waals surface area (Å²) in [6.45, 7) is 1.98. The largest absolute Gasteiger partial charge is 0.381 e. The second-order valence-electron chi connectivity index (χ2n) is 5.94. The van der Waals surface area contributed by atoms with Crippen molar-refractivity contribution < 1.29 is 4.74 Å². The van der Waals surface area contributed by atoms with Crippen LogP contribution in [0.4, 0.5) is 0 Å². The Morgan fingerprint density at radius 2 is 1.65 bits per heavy atom. The average Bonchev–Trinajstić information content (AvgIpc) is 2.66. The van der Waals surface area contributed by atoms with Gasteiger partial charge in [-0.15, -0.1) is 0 Å². The monoisotopic (exact) mass is 239 g/mol. The Bertz CT molecular complexity index is 193. The van der Waals surface area contributed by atoms with E-state index in [0.717, 1.165) is 31.1 Å². The molecule has 0 amide bonds. The van der Waals surface area contributed by atoms with Gasteiger partial charge in [-0.3, -0.25) is 0 Å². The first-order chi connectivity index (χ1) is 8.40. The third kappa shape index (κ3) is 4.26. The van der Waals surface area contributed by atoms with E-state index < -0.39 is 0 Å². The predicted molar refractivity (Wildman–Crippen MR) is 72.2 cm³/mol. The minimum Gasteiger partial charge on any atom is -0.381 e. The van der Waals surface area contributed by atoms with Gasteiger partial charge in [0.25, 0.3) is 0 Å². The number of nitrogens with one attached hydrogen (secondary N) is 1. The molecule has 2 heteroatoms. The Labute approximate surface area is 107 Å². The smallest absolute Gasteiger partial charge is 0.0468 e. The van der Waals surface area contributed by atoms with E-state index in [0.29, 0.717) is 0 Å². The van der Waals surface area contributed by atoms with Crippen LogP contribution in [-0.2, 0) is 4.74 Å². The molecule has 2 fully saturated rings. The van der Waals surface area contributed by atoms with Gasteiger partial charge in [0, 0.05) is 19.3 Å². The Morgan fingerprint density at radius 1 is 1.00 bits per heavy atom. The molecule has 0 bridgehead atoms. The van der Waals surface area contributed by atoms with E-state index in [2.05, 4.69) is 12.4 Å². The summed E-state index contributed by atoms with van der Waals surface area (Å²) in [5.74, 6) is 1.84. The molecule has 0 aromatic rings. The summed E-state index contributed by atoms with van der Waals surface area (Å²) in [7, 11) is 2.16. The quantitative estimate of drug-likeness (QED) is 0.760. The highest BCUT2D eigenvalue weighted by Crippen LogP contribution is 2.30. The molecule has 2 rings (SSSR count). The normalized spacial score (nSPS) is 26.6. The van der Waals surface area contributed by atoms with Crippen LogP contribution in [0.2, 0.25) is 0 Å². The van der Waals surface area contributed by atoms with E-state index in [4.69, 9.17) is 4.74 Å². The van der Waals surface area contributed by atoms with E-state index in [9.17, 15) is 0 Å². The SMILES string of the molecule is CNC(CC1CCOCC1)C1CCCCCC1. The van der Waals surface area contributed by atoms with Gasteiger partial charge in [0.2, 0.25) is 0 Å². The lowest BCUT2D eigenvalue weighted by atomic mass is 9.83. The lowest BCUT2D eigenvalue weighted by Gasteiger charge is -2.31. The minimum atomic E-state index is 0.760. The third-order valence-corrected chi connectivity index (χ3v) is 4.77. The van der Waals surface area contributed by atoms with Crippen LogP contribution in [0, 0.1) is 11.8 Å². The van der Waals surface area contributed by atoms with Crippen molar-refractivity contribution in [3.8, 4) is 0 Å². The van der Waals surface area contributed by atoms with Crippen molar-refractivity contribution in [1.29, 1.82) is 0 Å². The molecule has 0 aromatic heterocycles. The average molecular weight is 239 g/mol. The van der Waals surface area contributed by atoms with Gasteiger partial charge in [-0.1, -0.05) is 25.7 Å². The molecule has 0 radical (unpaired) electrons. The van der Waals surface area contributed by atoms with Crippen LogP contribution in [0.25, 0.3) is 0 Å². The molecule has 1 heterocycles. The molecule has 1 aliphatic heterocycles. The van der Waals surface area contributed by atoms with Crippen molar-refractivity contribution in [2.45, 2.75) is 63.8 Å². The van der Waals surface area contributed by atoms with Gasteiger partial charge in [0.1, 0.15) is 0 Å². The summed E-state index contributed by atoms with van der Waals surface area (Å²) < 4.78 is 5.46. The number of rotatable bonds is 4. The second-order valence-corrected chi connectivity index (χ2v) is 5.94. The Morgan fingerprint density at radius 3 is 2.24 bits per heavy atom. The van der Waals surface area contributed by atoms with Gasteiger partial charge in [0.05, 0.1) is 0 Å². The number of hydrogen-bond acceptors (Lipinski definition) is 2. The first-order valence-corrected chi connectivity index (χ1v) is 7.65. The molecule has 1 N–H and O–H groups in total. The molecule has 100 valence electrons. The highest BCUT2D eigenvalue weighted by molar-refractivity contribution is 4.80. The van der Waals surface area contributed by atoms with Crippen LogP contribution in [0.3, 0.4) is 0 Å². The summed E-state index contributed by atoms with van der Waals surface area (Å²) in [4.78, 5) is 0. The molecule has 1 saturated carbocycles. The van der Waals surface area contributed by atoms with E-state index in [1.807, 2.05) is 0 Å². The molecule has 0 spiro atoms. The highest BCUT2D eigenvalue weighted by Gasteiger charge is 2.25. The summed E-state index contributed by atoms with van der Waals surface area (Å²) in [5, 5.41) is 3.61. The number of ether oxygens (including phenoxy) is 1. The Kier molecular flexibility index (Phi) is 5.79. The maximum absolute atomic E-state index is 5.46. The fourth-order valence-electron chi connectivity index (χ4n) is 3.60. The lowest BCUT2D eigenvalue weighted by molar-refractivity contribution is 0.0577. The van der Waals surface area contributed by atoms with E-state index in [1.54, 1.807) is 0 Å². The molecule has 17 heavy (non-hydrogen) atoms. The molecule has 0 aromatic carbocycles. The zero-order chi connectivity index (χ0) is 11.9. The van der Waals surface area contributed by atoms with Gasteiger partial charge in [-0.05, 0) is 51.0 Å². The van der Waals surface area contributed by atoms with Gasteiger partial charge in [0.15, 0.2) is 0 Å². The molecule has 1 aliphatic carbocycles. The van der Waals surface area contributed by atoms with Crippen molar-refractivity contribution in [3.63, 3.8) is 0 Å². The minimum absolute atomic E-state index is 0.760. The van der Waals surface area contributed by atoms with Gasteiger partial charge in [-0.2, -0.15) is 0 Å². The number of hydrogen-bond donors (Lipinski definition) is 1. The van der Waals surface area contributed by atoms with Crippen molar-refractivity contribution in [3.05, 3.63) is 0 Å². The van der Waals surface area contributed by atoms with Crippen molar-refractivity contribution in [2.24, 2.45) is 11.8 Å². The van der Waals surface area contributed by atoms with Crippen LogP contribution in [0.1, 0.15) is 57.8 Å². The molecule has 2 nitrogen and oxygen atoms in total. The topological polar surface area (TPSA) is 21.3 Å². The zero-order valence-corrected chi connectivity index (χ0v) is 11.4. The fourth-order valence-corrected chi connectivity index (χ4v) is 3.60. The van der Waals surface area contributed by atoms with Crippen molar-refractivity contribution in [1.82, 2.24) is 5.32 Å². The van der Waals surface area contributed by atoms with Gasteiger partial charge < -0.3 is 10.1 Å². The molecule has 1 atom stereocenters. The Balaban J connectivity index is 1.81. The van der Waals surface area contributed by atoms with E-state index >= 15 is 0 Å². The third-order valence-electron chi connectivity index (χ3n) is 4.77. The van der Waals surface area contributed by atoms with Crippen LogP contribution in [-0.4, -0.2) is 26.3 Å². The first-order valence-electron chi connectivity index (χ1n) is 7.65. The van der Waals surface area contributed by atoms with Gasteiger partial charge in [-0.25, -0.2) is 0 Å². The van der Waals surface area contributed by atoms with E-state index in [1.165, 1.54) is 57.8 Å². The van der Waals surface area contributed by atoms with Gasteiger partial charge >= 0.3 is 0 Å². The summed E-state index contributed by atoms with van der Waals surface area (Å²) in [6.07, 6.45) is 12.7. The van der Waals surface area contributed by atoms with Crippen LogP contribution < -0.4 is 5.32 Å². The second kappa shape index (κ2) is 7.38. The Hall–Kier alpha value is -0.0800. The fraction of sp³-hybridized carbons (Fsp3) is 1.00. The molecule has 1 saturated heterocycles. The van der Waals surface area contributed by atoms with Crippen molar-refractivity contribution >= 4 is 0 Å². The molecule has 1 unspecified atom stereocenters. The maximum atomic E-state index is 5.46. The molecular formula is C15H29NO. The zero-order valence-electron chi connectivity index (χ0n) is 11.4. The lowest BCUT2D eigenvalue weighted by Crippen LogP contribution is -2.36. The van der Waals surface area contributed by atoms with Crippen molar-refractivity contribution in [2.75, 3.05) is 20.3 Å². The van der Waals surface area contributed by atoms with Crippen LogP contribution in [0.5, 0.6) is 0 Å². The van der Waals surface area contributed by atoms with E-state index in [-0.39, 0.29) is 0 Å². The maximum Gasteiger partial charge on any atom is 0.0468 e. The summed E-state index contributed by atoms with van der Waals surface area (Å²) >= 11 is 0. The van der Waals surface area contributed by atoms with Crippen LogP contribution >= 0.6 is 0 Å². The van der Waals surface area contributed by atoms with Crippen LogP contribution in [0.15, 0.2) is 0 Å². The molecular weight excluding hydrogens is 210 g/mol.